The summed E-state index contributed by atoms with van der Waals surface area (Å²) < 4.78 is 0. The van der Waals surface area contributed by atoms with Crippen LogP contribution in [0.5, 0.6) is 0 Å². The van der Waals surface area contributed by atoms with Crippen LogP contribution in [-0.4, -0.2) is 21.8 Å². The van der Waals surface area contributed by atoms with E-state index >= 15 is 0 Å². The van der Waals surface area contributed by atoms with Gasteiger partial charge in [0, 0.05) is 17.5 Å². The quantitative estimate of drug-likeness (QED) is 0.622. The van der Waals surface area contributed by atoms with Crippen LogP contribution in [0.3, 0.4) is 0 Å². The van der Waals surface area contributed by atoms with Gasteiger partial charge in [-0.15, -0.1) is 11.3 Å². The number of fused-ring (bicyclic) bond motifs is 1. The van der Waals surface area contributed by atoms with E-state index in [2.05, 4.69) is 39.7 Å². The van der Waals surface area contributed by atoms with Gasteiger partial charge in [-0.25, -0.2) is 9.97 Å². The fourth-order valence-corrected chi connectivity index (χ4v) is 4.49. The lowest BCUT2D eigenvalue weighted by atomic mass is 10.1. The number of carbonyl (C=O) groups is 2. The molecule has 0 aliphatic heterocycles. The third-order valence-electron chi connectivity index (χ3n) is 5.30. The minimum Gasteiger partial charge on any atom is -0.347 e. The summed E-state index contributed by atoms with van der Waals surface area (Å²) >= 11 is 1.67. The van der Waals surface area contributed by atoms with Crippen molar-refractivity contribution >= 4 is 23.2 Å². The van der Waals surface area contributed by atoms with E-state index in [1.165, 1.54) is 17.3 Å². The number of thiophene rings is 1. The summed E-state index contributed by atoms with van der Waals surface area (Å²) in [6.45, 7) is 2.50. The molecule has 2 heterocycles. The number of nitriles is 1. The molecule has 2 N–H and O–H groups in total. The van der Waals surface area contributed by atoms with Crippen molar-refractivity contribution in [1.29, 1.82) is 5.26 Å². The van der Waals surface area contributed by atoms with E-state index in [4.69, 9.17) is 5.26 Å². The van der Waals surface area contributed by atoms with Gasteiger partial charge in [-0.1, -0.05) is 13.0 Å². The second kappa shape index (κ2) is 9.06. The number of hydrogen-bond donors (Lipinski definition) is 2. The maximum atomic E-state index is 12.7. The molecule has 0 radical (unpaired) electrons. The van der Waals surface area contributed by atoms with Crippen molar-refractivity contribution in [3.8, 4) is 6.07 Å². The molecule has 2 amide bonds. The third-order valence-corrected chi connectivity index (χ3v) is 6.43. The summed E-state index contributed by atoms with van der Waals surface area (Å²) in [4.78, 5) is 34.5. The largest absolute Gasteiger partial charge is 0.347 e. The smallest absolute Gasteiger partial charge is 0.270 e. The highest BCUT2D eigenvalue weighted by Gasteiger charge is 2.25. The van der Waals surface area contributed by atoms with Gasteiger partial charge < -0.3 is 10.6 Å². The number of aryl methyl sites for hydroxylation is 2. The van der Waals surface area contributed by atoms with Gasteiger partial charge in [0.15, 0.2) is 0 Å². The van der Waals surface area contributed by atoms with Crippen molar-refractivity contribution in [2.24, 2.45) is 0 Å². The Labute approximate surface area is 184 Å². The van der Waals surface area contributed by atoms with E-state index < -0.39 is 0 Å². The molecule has 1 aromatic carbocycles. The molecule has 7 nitrogen and oxygen atoms in total. The van der Waals surface area contributed by atoms with Crippen LogP contribution in [0, 0.1) is 11.3 Å². The lowest BCUT2D eigenvalue weighted by Gasteiger charge is -2.14. The van der Waals surface area contributed by atoms with E-state index in [0.29, 0.717) is 12.1 Å². The van der Waals surface area contributed by atoms with Gasteiger partial charge in [-0.3, -0.25) is 9.59 Å². The van der Waals surface area contributed by atoms with Gasteiger partial charge in [0.05, 0.1) is 17.7 Å². The Hall–Kier alpha value is -3.57. The number of hydrogen-bond acceptors (Lipinski definition) is 6. The first-order valence-corrected chi connectivity index (χ1v) is 11.0. The fourth-order valence-electron chi connectivity index (χ4n) is 3.65. The highest BCUT2D eigenvalue weighted by atomic mass is 32.1. The van der Waals surface area contributed by atoms with Gasteiger partial charge in [0.25, 0.3) is 11.8 Å². The third kappa shape index (κ3) is 4.62. The van der Waals surface area contributed by atoms with Crippen LogP contribution < -0.4 is 10.6 Å². The zero-order valence-electron chi connectivity index (χ0n) is 17.0. The number of benzene rings is 1. The van der Waals surface area contributed by atoms with Gasteiger partial charge in [0.1, 0.15) is 17.7 Å². The van der Waals surface area contributed by atoms with E-state index in [1.807, 2.05) is 17.5 Å². The molecule has 1 aliphatic rings. The maximum Gasteiger partial charge on any atom is 0.270 e. The van der Waals surface area contributed by atoms with E-state index in [-0.39, 0.29) is 29.2 Å². The summed E-state index contributed by atoms with van der Waals surface area (Å²) in [6.07, 6.45) is 3.75. The number of aromatic nitrogens is 2. The van der Waals surface area contributed by atoms with E-state index in [1.54, 1.807) is 17.4 Å². The molecule has 0 saturated carbocycles. The molecular weight excluding hydrogens is 410 g/mol. The van der Waals surface area contributed by atoms with Crippen LogP contribution in [0.25, 0.3) is 0 Å². The molecule has 4 rings (SSSR count). The zero-order chi connectivity index (χ0) is 21.8. The van der Waals surface area contributed by atoms with Gasteiger partial charge in [0.2, 0.25) is 0 Å². The SMILES string of the molecule is CCc1cc(CNC(=O)c2cc(C(=O)N[C@H]3CCc4cc(C#N)ccc43)ncn2)cs1. The summed E-state index contributed by atoms with van der Waals surface area (Å²) in [6, 6.07) is 11.0. The monoisotopic (exact) mass is 431 g/mol. The minimum absolute atomic E-state index is 0.144. The normalized spacial score (nSPS) is 14.5. The van der Waals surface area contributed by atoms with Crippen LogP contribution in [0.1, 0.15) is 67.5 Å². The second-order valence-electron chi connectivity index (χ2n) is 7.34. The van der Waals surface area contributed by atoms with Crippen LogP contribution in [0.2, 0.25) is 0 Å². The molecule has 8 heteroatoms. The van der Waals surface area contributed by atoms with Crippen LogP contribution in [0.4, 0.5) is 0 Å². The molecular formula is C23H21N5O2S. The molecule has 156 valence electrons. The molecule has 31 heavy (non-hydrogen) atoms. The summed E-state index contributed by atoms with van der Waals surface area (Å²) in [5.41, 5.74) is 4.04. The number of carbonyl (C=O) groups excluding carboxylic acids is 2. The first kappa shape index (κ1) is 20.7. The van der Waals surface area contributed by atoms with E-state index in [9.17, 15) is 9.59 Å². The molecule has 0 spiro atoms. The minimum atomic E-state index is -0.357. The van der Waals surface area contributed by atoms with Gasteiger partial charge in [-0.2, -0.15) is 5.26 Å². The Morgan fingerprint density at radius 1 is 1.19 bits per heavy atom. The maximum absolute atomic E-state index is 12.7. The summed E-state index contributed by atoms with van der Waals surface area (Å²) in [7, 11) is 0. The molecule has 1 aliphatic carbocycles. The first-order chi connectivity index (χ1) is 15.1. The number of nitrogens with zero attached hydrogens (tertiary/aromatic N) is 3. The van der Waals surface area contributed by atoms with Crippen LogP contribution >= 0.6 is 11.3 Å². The number of rotatable bonds is 6. The summed E-state index contributed by atoms with van der Waals surface area (Å²) in [5, 5.41) is 16.9. The van der Waals surface area contributed by atoms with Gasteiger partial charge in [-0.05, 0) is 59.5 Å². The first-order valence-electron chi connectivity index (χ1n) is 10.1. The molecule has 0 bridgehead atoms. The predicted octanol–water partition coefficient (Wildman–Crippen LogP) is 3.32. The average molecular weight is 432 g/mol. The standard InChI is InChI=1S/C23H21N5O2S/c1-2-17-8-15(12-31-17)11-25-22(29)20-9-21(27-13-26-20)23(30)28-19-6-4-16-7-14(10-24)3-5-18(16)19/h3,5,7-9,12-13,19H,2,4,6,11H2,1H3,(H,25,29)(H,28,30)/t19-/m0/s1. The Morgan fingerprint density at radius 2 is 2.00 bits per heavy atom. The molecule has 0 saturated heterocycles. The highest BCUT2D eigenvalue weighted by Crippen LogP contribution is 2.31. The van der Waals surface area contributed by atoms with Gasteiger partial charge >= 0.3 is 0 Å². The van der Waals surface area contributed by atoms with Crippen LogP contribution in [0.15, 0.2) is 42.0 Å². The van der Waals surface area contributed by atoms with Crippen molar-refractivity contribution in [1.82, 2.24) is 20.6 Å². The Kier molecular flexibility index (Phi) is 6.05. The van der Waals surface area contributed by atoms with Crippen molar-refractivity contribution in [3.63, 3.8) is 0 Å². The Balaban J connectivity index is 1.40. The predicted molar refractivity (Wildman–Crippen MR) is 117 cm³/mol. The molecule has 0 unspecified atom stereocenters. The van der Waals surface area contributed by atoms with Crippen molar-refractivity contribution in [2.45, 2.75) is 38.8 Å². The average Bonchev–Trinajstić information content (AvgIpc) is 3.44. The highest BCUT2D eigenvalue weighted by molar-refractivity contribution is 7.10. The lowest BCUT2D eigenvalue weighted by molar-refractivity contribution is 0.0931. The summed E-state index contributed by atoms with van der Waals surface area (Å²) in [5.74, 6) is -0.708. The topological polar surface area (TPSA) is 108 Å². The lowest BCUT2D eigenvalue weighted by Crippen LogP contribution is -2.29. The van der Waals surface area contributed by atoms with Crippen molar-refractivity contribution in [3.05, 3.63) is 80.6 Å². The number of nitrogens with one attached hydrogen (secondary N) is 2. The zero-order valence-corrected chi connectivity index (χ0v) is 17.8. The molecule has 3 aromatic rings. The fraction of sp³-hybridized carbons (Fsp3) is 0.261. The molecule has 1 atom stereocenters. The van der Waals surface area contributed by atoms with Crippen LogP contribution in [-0.2, 0) is 19.4 Å². The van der Waals surface area contributed by atoms with Crippen molar-refractivity contribution < 1.29 is 9.59 Å². The Bertz CT molecular complexity index is 1180. The molecule has 0 fully saturated rings. The van der Waals surface area contributed by atoms with Crippen molar-refractivity contribution in [2.75, 3.05) is 0 Å². The van der Waals surface area contributed by atoms with E-state index in [0.717, 1.165) is 36.0 Å². The number of amides is 2. The molecule has 2 aromatic heterocycles. The second-order valence-corrected chi connectivity index (χ2v) is 8.33. The Morgan fingerprint density at radius 3 is 2.74 bits per heavy atom.